The van der Waals surface area contributed by atoms with E-state index in [9.17, 15) is 8.42 Å². The van der Waals surface area contributed by atoms with Crippen molar-refractivity contribution in [2.75, 3.05) is 25.4 Å². The molecule has 0 bridgehead atoms. The molecule has 6 heteroatoms. The largest absolute Gasteiger partial charge is 0.493 e. The van der Waals surface area contributed by atoms with Crippen molar-refractivity contribution in [3.8, 4) is 5.75 Å². The maximum absolute atomic E-state index is 12.1. The number of nitrogens with zero attached hydrogens (tertiary/aromatic N) is 1. The predicted molar refractivity (Wildman–Crippen MR) is 85.3 cm³/mol. The Bertz CT molecular complexity index is 545. The van der Waals surface area contributed by atoms with E-state index in [0.717, 1.165) is 18.6 Å². The zero-order valence-corrected chi connectivity index (χ0v) is 13.9. The number of hydrogen-bond acceptors (Lipinski definition) is 3. The molecule has 1 aliphatic heterocycles. The molecule has 1 atom stereocenters. The highest BCUT2D eigenvalue weighted by molar-refractivity contribution is 7.89. The van der Waals surface area contributed by atoms with Gasteiger partial charge in [0.2, 0.25) is 10.0 Å². The average molecular weight is 332 g/mol. The molecule has 0 N–H and O–H groups in total. The molecule has 118 valence electrons. The molecule has 0 aliphatic carbocycles. The van der Waals surface area contributed by atoms with Crippen molar-refractivity contribution in [3.05, 3.63) is 29.3 Å². The van der Waals surface area contributed by atoms with Crippen LogP contribution in [-0.4, -0.2) is 38.2 Å². The van der Waals surface area contributed by atoms with E-state index in [4.69, 9.17) is 16.3 Å². The molecule has 2 rings (SSSR count). The van der Waals surface area contributed by atoms with Gasteiger partial charge in [-0.05, 0) is 43.5 Å². The average Bonchev–Trinajstić information content (AvgIpc) is 2.47. The number of rotatable bonds is 6. The molecular weight excluding hydrogens is 310 g/mol. The van der Waals surface area contributed by atoms with Gasteiger partial charge in [-0.3, -0.25) is 0 Å². The summed E-state index contributed by atoms with van der Waals surface area (Å²) < 4.78 is 31.6. The fourth-order valence-electron chi connectivity index (χ4n) is 2.55. The minimum Gasteiger partial charge on any atom is -0.493 e. The molecule has 0 radical (unpaired) electrons. The number of piperidine rings is 1. The van der Waals surface area contributed by atoms with Crippen molar-refractivity contribution < 1.29 is 13.2 Å². The third-order valence-electron chi connectivity index (χ3n) is 3.64. The maximum Gasteiger partial charge on any atom is 0.214 e. The van der Waals surface area contributed by atoms with E-state index in [1.165, 1.54) is 0 Å². The molecule has 0 spiro atoms. The Morgan fingerprint density at radius 2 is 2.05 bits per heavy atom. The summed E-state index contributed by atoms with van der Waals surface area (Å²) in [5, 5.41) is 0.678. The Morgan fingerprint density at radius 1 is 1.33 bits per heavy atom. The summed E-state index contributed by atoms with van der Waals surface area (Å²) in [4.78, 5) is 0. The van der Waals surface area contributed by atoms with E-state index >= 15 is 0 Å². The standard InChI is InChI=1S/C15H22ClNO3S/c1-2-10-21(18,19)17-9-3-4-13(11-17)12-20-15-7-5-14(16)6-8-15/h5-8,13H,2-4,9-12H2,1H3. The highest BCUT2D eigenvalue weighted by Crippen LogP contribution is 2.22. The van der Waals surface area contributed by atoms with Crippen LogP contribution in [-0.2, 0) is 10.0 Å². The lowest BCUT2D eigenvalue weighted by atomic mass is 10.0. The Balaban J connectivity index is 1.88. The Morgan fingerprint density at radius 3 is 2.71 bits per heavy atom. The second-order valence-electron chi connectivity index (χ2n) is 5.45. The summed E-state index contributed by atoms with van der Waals surface area (Å²) in [7, 11) is -3.09. The van der Waals surface area contributed by atoms with Gasteiger partial charge in [0.1, 0.15) is 5.75 Å². The van der Waals surface area contributed by atoms with Gasteiger partial charge in [-0.15, -0.1) is 0 Å². The van der Waals surface area contributed by atoms with Gasteiger partial charge in [-0.2, -0.15) is 0 Å². The zero-order chi connectivity index (χ0) is 15.3. The number of benzene rings is 1. The molecule has 1 fully saturated rings. The fraction of sp³-hybridized carbons (Fsp3) is 0.600. The molecule has 0 saturated carbocycles. The lowest BCUT2D eigenvalue weighted by molar-refractivity contribution is 0.180. The molecule has 1 aromatic carbocycles. The Labute approximate surface area is 132 Å². The van der Waals surface area contributed by atoms with Crippen molar-refractivity contribution in [1.29, 1.82) is 0 Å². The molecule has 21 heavy (non-hydrogen) atoms. The summed E-state index contributed by atoms with van der Waals surface area (Å²) in [5.74, 6) is 1.26. The normalized spacial score (nSPS) is 20.4. The molecule has 1 aromatic rings. The second-order valence-corrected chi connectivity index (χ2v) is 7.97. The first-order chi connectivity index (χ1) is 10.0. The van der Waals surface area contributed by atoms with Crippen LogP contribution in [0.3, 0.4) is 0 Å². The summed E-state index contributed by atoms with van der Waals surface area (Å²) in [5.41, 5.74) is 0. The Kier molecular flexibility index (Phi) is 5.90. The monoisotopic (exact) mass is 331 g/mol. The van der Waals surface area contributed by atoms with Crippen LogP contribution in [0.2, 0.25) is 5.02 Å². The van der Waals surface area contributed by atoms with Gasteiger partial charge < -0.3 is 4.74 Å². The fourth-order valence-corrected chi connectivity index (χ4v) is 4.29. The van der Waals surface area contributed by atoms with Crippen molar-refractivity contribution in [2.45, 2.75) is 26.2 Å². The first-order valence-electron chi connectivity index (χ1n) is 7.37. The SMILES string of the molecule is CCCS(=O)(=O)N1CCCC(COc2ccc(Cl)cc2)C1. The number of sulfonamides is 1. The first-order valence-corrected chi connectivity index (χ1v) is 9.36. The minimum absolute atomic E-state index is 0.234. The van der Waals surface area contributed by atoms with Crippen LogP contribution < -0.4 is 4.74 Å². The van der Waals surface area contributed by atoms with Crippen LogP contribution in [0.15, 0.2) is 24.3 Å². The van der Waals surface area contributed by atoms with E-state index in [1.54, 1.807) is 16.4 Å². The zero-order valence-electron chi connectivity index (χ0n) is 12.3. The second kappa shape index (κ2) is 7.47. The van der Waals surface area contributed by atoms with Crippen molar-refractivity contribution >= 4 is 21.6 Å². The molecule has 1 aliphatic rings. The van der Waals surface area contributed by atoms with Crippen LogP contribution in [0.1, 0.15) is 26.2 Å². The van der Waals surface area contributed by atoms with Crippen LogP contribution in [0.4, 0.5) is 0 Å². The highest BCUT2D eigenvalue weighted by atomic mass is 35.5. The predicted octanol–water partition coefficient (Wildman–Crippen LogP) is 3.17. The van der Waals surface area contributed by atoms with Crippen LogP contribution in [0.25, 0.3) is 0 Å². The van der Waals surface area contributed by atoms with E-state index in [0.29, 0.717) is 31.1 Å². The van der Waals surface area contributed by atoms with Gasteiger partial charge in [0.15, 0.2) is 0 Å². The van der Waals surface area contributed by atoms with Crippen LogP contribution in [0, 0.1) is 5.92 Å². The smallest absolute Gasteiger partial charge is 0.214 e. The van der Waals surface area contributed by atoms with E-state index in [-0.39, 0.29) is 11.7 Å². The van der Waals surface area contributed by atoms with Crippen LogP contribution >= 0.6 is 11.6 Å². The van der Waals surface area contributed by atoms with Gasteiger partial charge in [-0.25, -0.2) is 12.7 Å². The lowest BCUT2D eigenvalue weighted by Gasteiger charge is -2.31. The van der Waals surface area contributed by atoms with Gasteiger partial charge >= 0.3 is 0 Å². The molecule has 4 nitrogen and oxygen atoms in total. The van der Waals surface area contributed by atoms with Crippen molar-refractivity contribution in [2.24, 2.45) is 5.92 Å². The van der Waals surface area contributed by atoms with Crippen LogP contribution in [0.5, 0.6) is 5.75 Å². The first kappa shape index (κ1) is 16.6. The third-order valence-corrected chi connectivity index (χ3v) is 5.93. The van der Waals surface area contributed by atoms with Gasteiger partial charge in [0, 0.05) is 24.0 Å². The molecule has 1 saturated heterocycles. The van der Waals surface area contributed by atoms with E-state index < -0.39 is 10.0 Å². The third kappa shape index (κ3) is 4.87. The summed E-state index contributed by atoms with van der Waals surface area (Å²) in [6.45, 7) is 3.64. The summed E-state index contributed by atoms with van der Waals surface area (Å²) in [6.07, 6.45) is 2.56. The van der Waals surface area contributed by atoms with Crippen molar-refractivity contribution in [1.82, 2.24) is 4.31 Å². The van der Waals surface area contributed by atoms with Gasteiger partial charge in [0.05, 0.1) is 12.4 Å². The number of halogens is 1. The summed E-state index contributed by atoms with van der Waals surface area (Å²) >= 11 is 5.83. The summed E-state index contributed by atoms with van der Waals surface area (Å²) in [6, 6.07) is 7.24. The molecular formula is C15H22ClNO3S. The topological polar surface area (TPSA) is 46.6 Å². The van der Waals surface area contributed by atoms with Gasteiger partial charge in [-0.1, -0.05) is 18.5 Å². The van der Waals surface area contributed by atoms with E-state index in [2.05, 4.69) is 0 Å². The molecule has 0 aromatic heterocycles. The van der Waals surface area contributed by atoms with E-state index in [1.807, 2.05) is 19.1 Å². The quantitative estimate of drug-likeness (QED) is 0.804. The number of hydrogen-bond donors (Lipinski definition) is 0. The minimum atomic E-state index is -3.09. The lowest BCUT2D eigenvalue weighted by Crippen LogP contribution is -2.42. The number of ether oxygens (including phenoxy) is 1. The molecule has 0 amide bonds. The van der Waals surface area contributed by atoms with Crippen molar-refractivity contribution in [3.63, 3.8) is 0 Å². The highest BCUT2D eigenvalue weighted by Gasteiger charge is 2.28. The van der Waals surface area contributed by atoms with Gasteiger partial charge in [0.25, 0.3) is 0 Å². The molecule has 1 heterocycles. The Hall–Kier alpha value is -0.780. The maximum atomic E-state index is 12.1. The molecule has 1 unspecified atom stereocenters.